The van der Waals surface area contributed by atoms with E-state index in [1.807, 2.05) is 48.9 Å². The zero-order valence-electron chi connectivity index (χ0n) is 12.1. The average Bonchev–Trinajstić information content (AvgIpc) is 2.87. The number of carbonyl (C=O) groups excluding carboxylic acids is 1. The van der Waals surface area contributed by atoms with Crippen LogP contribution in [0.3, 0.4) is 0 Å². The van der Waals surface area contributed by atoms with Gasteiger partial charge in [0.1, 0.15) is 5.75 Å². The van der Waals surface area contributed by atoms with Gasteiger partial charge < -0.3 is 14.0 Å². The first-order chi connectivity index (χ1) is 10.1. The quantitative estimate of drug-likeness (QED) is 0.602. The predicted octanol–water partition coefficient (Wildman–Crippen LogP) is 2.22. The summed E-state index contributed by atoms with van der Waals surface area (Å²) in [5.74, 6) is 1.39. The lowest BCUT2D eigenvalue weighted by atomic mass is 10.3. The molecule has 21 heavy (non-hydrogen) atoms. The molecule has 6 nitrogen and oxygen atoms in total. The van der Waals surface area contributed by atoms with Crippen molar-refractivity contribution in [1.29, 1.82) is 0 Å². The largest absolute Gasteiger partial charge is 0.483 e. The lowest BCUT2D eigenvalue weighted by Gasteiger charge is -2.14. The van der Waals surface area contributed by atoms with Gasteiger partial charge >= 0.3 is 5.97 Å². The van der Waals surface area contributed by atoms with Crippen LogP contribution in [0, 0.1) is 0 Å². The van der Waals surface area contributed by atoms with Crippen molar-refractivity contribution in [3.63, 3.8) is 0 Å². The van der Waals surface area contributed by atoms with E-state index in [1.54, 1.807) is 0 Å². The first-order valence-corrected chi connectivity index (χ1v) is 7.41. The number of para-hydroxylation sites is 1. The third kappa shape index (κ3) is 3.98. The third-order valence-electron chi connectivity index (χ3n) is 2.84. The molecule has 1 atom stereocenters. The number of hydrogen-bond donors (Lipinski definition) is 0. The summed E-state index contributed by atoms with van der Waals surface area (Å²) in [6.45, 7) is 1.91. The van der Waals surface area contributed by atoms with Crippen LogP contribution in [0.2, 0.25) is 0 Å². The molecule has 1 aromatic heterocycles. The standard InChI is InChI=1S/C14H17N3O3S/c1-10(20-11-7-5-4-6-8-11)13-15-16-14(17(13)2)21-9-12(18)19-3/h4-8,10H,9H2,1-3H3/t10-/m1/s1. The van der Waals surface area contributed by atoms with Crippen molar-refractivity contribution >= 4 is 17.7 Å². The normalized spacial score (nSPS) is 12.0. The molecule has 0 unspecified atom stereocenters. The number of rotatable bonds is 6. The van der Waals surface area contributed by atoms with Crippen LogP contribution in [0.1, 0.15) is 18.9 Å². The molecule has 0 amide bonds. The summed E-state index contributed by atoms with van der Waals surface area (Å²) in [4.78, 5) is 11.2. The van der Waals surface area contributed by atoms with E-state index in [9.17, 15) is 4.79 Å². The highest BCUT2D eigenvalue weighted by atomic mass is 32.2. The van der Waals surface area contributed by atoms with Gasteiger partial charge in [0.15, 0.2) is 17.1 Å². The molecule has 0 aliphatic heterocycles. The Kier molecular flexibility index (Phi) is 5.21. The zero-order valence-corrected chi connectivity index (χ0v) is 13.0. The van der Waals surface area contributed by atoms with Gasteiger partial charge in [-0.1, -0.05) is 30.0 Å². The highest BCUT2D eigenvalue weighted by Crippen LogP contribution is 2.23. The highest BCUT2D eigenvalue weighted by molar-refractivity contribution is 7.99. The number of methoxy groups -OCH3 is 1. The maximum absolute atomic E-state index is 11.2. The molecule has 2 aromatic rings. The van der Waals surface area contributed by atoms with E-state index in [0.717, 1.165) is 5.75 Å². The van der Waals surface area contributed by atoms with Gasteiger partial charge in [0.05, 0.1) is 12.9 Å². The minimum Gasteiger partial charge on any atom is -0.483 e. The second-order valence-corrected chi connectivity index (χ2v) is 5.28. The molecular weight excluding hydrogens is 290 g/mol. The molecule has 112 valence electrons. The van der Waals surface area contributed by atoms with Crippen LogP contribution in [0.25, 0.3) is 0 Å². The molecule has 0 N–H and O–H groups in total. The number of nitrogens with zero attached hydrogens (tertiary/aromatic N) is 3. The Labute approximate surface area is 127 Å². The molecule has 1 heterocycles. The molecular formula is C14H17N3O3S. The zero-order chi connectivity index (χ0) is 15.2. The number of carbonyl (C=O) groups is 1. The molecule has 7 heteroatoms. The fraction of sp³-hybridized carbons (Fsp3) is 0.357. The average molecular weight is 307 g/mol. The summed E-state index contributed by atoms with van der Waals surface area (Å²) in [5, 5.41) is 8.86. The smallest absolute Gasteiger partial charge is 0.316 e. The van der Waals surface area contributed by atoms with Gasteiger partial charge in [-0.15, -0.1) is 10.2 Å². The predicted molar refractivity (Wildman–Crippen MR) is 79.2 cm³/mol. The minimum atomic E-state index is -0.293. The maximum atomic E-state index is 11.2. The molecule has 0 fully saturated rings. The summed E-state index contributed by atoms with van der Waals surface area (Å²) in [7, 11) is 3.21. The molecule has 0 saturated heterocycles. The van der Waals surface area contributed by atoms with E-state index in [-0.39, 0.29) is 17.8 Å². The highest BCUT2D eigenvalue weighted by Gasteiger charge is 2.17. The van der Waals surface area contributed by atoms with Crippen LogP contribution in [-0.2, 0) is 16.6 Å². The number of esters is 1. The molecule has 0 saturated carbocycles. The number of benzene rings is 1. The number of hydrogen-bond acceptors (Lipinski definition) is 6. The van der Waals surface area contributed by atoms with Crippen molar-refractivity contribution in [3.05, 3.63) is 36.2 Å². The van der Waals surface area contributed by atoms with Gasteiger partial charge in [-0.05, 0) is 19.1 Å². The van der Waals surface area contributed by atoms with Crippen LogP contribution in [0.4, 0.5) is 0 Å². The van der Waals surface area contributed by atoms with Gasteiger partial charge in [-0.3, -0.25) is 4.79 Å². The van der Waals surface area contributed by atoms with Crippen molar-refractivity contribution in [2.24, 2.45) is 7.05 Å². The van der Waals surface area contributed by atoms with Gasteiger partial charge in [-0.25, -0.2) is 0 Å². The molecule has 0 radical (unpaired) electrons. The number of aromatic nitrogens is 3. The summed E-state index contributed by atoms with van der Waals surface area (Å²) in [6, 6.07) is 9.54. The number of thioether (sulfide) groups is 1. The van der Waals surface area contributed by atoms with Crippen LogP contribution in [0.5, 0.6) is 5.75 Å². The Morgan fingerprint density at radius 2 is 2.05 bits per heavy atom. The van der Waals surface area contributed by atoms with Gasteiger partial charge in [-0.2, -0.15) is 0 Å². The minimum absolute atomic E-state index is 0.205. The van der Waals surface area contributed by atoms with Crippen LogP contribution < -0.4 is 4.74 Å². The van der Waals surface area contributed by atoms with Crippen molar-refractivity contribution in [3.8, 4) is 5.75 Å². The second-order valence-electron chi connectivity index (χ2n) is 4.34. The Morgan fingerprint density at radius 3 is 2.71 bits per heavy atom. The third-order valence-corrected chi connectivity index (χ3v) is 3.83. The second kappa shape index (κ2) is 7.12. The van der Waals surface area contributed by atoms with Gasteiger partial charge in [0.2, 0.25) is 0 Å². The maximum Gasteiger partial charge on any atom is 0.316 e. The van der Waals surface area contributed by atoms with E-state index >= 15 is 0 Å². The van der Waals surface area contributed by atoms with Crippen LogP contribution in [-0.4, -0.2) is 33.6 Å². The Bertz CT molecular complexity index is 601. The Morgan fingerprint density at radius 1 is 1.33 bits per heavy atom. The van der Waals surface area contributed by atoms with Crippen LogP contribution >= 0.6 is 11.8 Å². The van der Waals surface area contributed by atoms with Crippen molar-refractivity contribution in [1.82, 2.24) is 14.8 Å². The molecule has 0 spiro atoms. The van der Waals surface area contributed by atoms with Crippen molar-refractivity contribution < 1.29 is 14.3 Å². The topological polar surface area (TPSA) is 66.2 Å². The van der Waals surface area contributed by atoms with E-state index in [0.29, 0.717) is 11.0 Å². The lowest BCUT2D eigenvalue weighted by Crippen LogP contribution is -2.10. The lowest BCUT2D eigenvalue weighted by molar-refractivity contribution is -0.137. The van der Waals surface area contributed by atoms with Crippen molar-refractivity contribution in [2.45, 2.75) is 18.2 Å². The van der Waals surface area contributed by atoms with Gasteiger partial charge in [0.25, 0.3) is 0 Å². The van der Waals surface area contributed by atoms with E-state index in [4.69, 9.17) is 4.74 Å². The summed E-state index contributed by atoms with van der Waals surface area (Å²) in [6.07, 6.45) is -0.239. The molecule has 1 aromatic carbocycles. The summed E-state index contributed by atoms with van der Waals surface area (Å²) in [5.41, 5.74) is 0. The molecule has 0 bridgehead atoms. The molecule has 2 rings (SSSR count). The van der Waals surface area contributed by atoms with Crippen LogP contribution in [0.15, 0.2) is 35.5 Å². The Balaban J connectivity index is 2.03. The van der Waals surface area contributed by atoms with E-state index < -0.39 is 0 Å². The van der Waals surface area contributed by atoms with Crippen molar-refractivity contribution in [2.75, 3.05) is 12.9 Å². The van der Waals surface area contributed by atoms with E-state index in [1.165, 1.54) is 18.9 Å². The van der Waals surface area contributed by atoms with E-state index in [2.05, 4.69) is 14.9 Å². The summed E-state index contributed by atoms with van der Waals surface area (Å²) >= 11 is 1.28. The fourth-order valence-electron chi connectivity index (χ4n) is 1.74. The first-order valence-electron chi connectivity index (χ1n) is 6.42. The first kappa shape index (κ1) is 15.4. The number of ether oxygens (including phenoxy) is 2. The fourth-order valence-corrected chi connectivity index (χ4v) is 2.49. The van der Waals surface area contributed by atoms with Gasteiger partial charge in [0, 0.05) is 7.05 Å². The molecule has 0 aliphatic rings. The Hall–Kier alpha value is -2.02. The molecule has 0 aliphatic carbocycles. The summed E-state index contributed by atoms with van der Waals surface area (Å²) < 4.78 is 12.2. The monoisotopic (exact) mass is 307 g/mol. The SMILES string of the molecule is COC(=O)CSc1nnc([C@@H](C)Oc2ccccc2)n1C.